The second-order valence-electron chi connectivity index (χ2n) is 4.96. The molecule has 1 amide bonds. The molecule has 1 N–H and O–H groups in total. The summed E-state index contributed by atoms with van der Waals surface area (Å²) in [6.07, 6.45) is -0.747. The minimum absolute atomic E-state index is 0.0243. The first-order valence-corrected chi connectivity index (χ1v) is 7.23. The van der Waals surface area contributed by atoms with Crippen LogP contribution in [0.25, 0.3) is 0 Å². The summed E-state index contributed by atoms with van der Waals surface area (Å²) >= 11 is 5.86. The number of hydrogen-bond acceptors (Lipinski definition) is 4. The maximum atomic E-state index is 12.2. The number of hydrogen-bond donors (Lipinski definition) is 1. The summed E-state index contributed by atoms with van der Waals surface area (Å²) in [6.45, 7) is 3.29. The Morgan fingerprint density at radius 1 is 1.30 bits per heavy atom. The number of carbonyl (C=O) groups is 1. The van der Waals surface area contributed by atoms with E-state index in [-0.39, 0.29) is 11.6 Å². The van der Waals surface area contributed by atoms with E-state index in [1.807, 2.05) is 0 Å². The van der Waals surface area contributed by atoms with Gasteiger partial charge in [-0.15, -0.1) is 0 Å². The molecular weight excluding hydrogens is 320 g/mol. The Kier molecular flexibility index (Phi) is 5.18. The fourth-order valence-electron chi connectivity index (χ4n) is 1.93. The maximum Gasteiger partial charge on any atom is 0.269 e. The first-order chi connectivity index (χ1) is 10.9. The molecule has 2 rings (SSSR count). The number of benzene rings is 2. The molecule has 0 bridgehead atoms. The smallest absolute Gasteiger partial charge is 0.269 e. The van der Waals surface area contributed by atoms with E-state index in [0.29, 0.717) is 22.0 Å². The molecule has 2 aromatic rings. The zero-order valence-corrected chi connectivity index (χ0v) is 13.3. The van der Waals surface area contributed by atoms with E-state index in [2.05, 4.69) is 5.32 Å². The van der Waals surface area contributed by atoms with Gasteiger partial charge in [0.2, 0.25) is 0 Å². The predicted octanol–water partition coefficient (Wildman–Crippen LogP) is 3.96. The van der Waals surface area contributed by atoms with Crippen LogP contribution in [0.3, 0.4) is 0 Å². The molecule has 6 nitrogen and oxygen atoms in total. The van der Waals surface area contributed by atoms with E-state index >= 15 is 0 Å². The van der Waals surface area contributed by atoms with Crippen molar-refractivity contribution in [2.24, 2.45) is 0 Å². The van der Waals surface area contributed by atoms with Gasteiger partial charge in [-0.2, -0.15) is 0 Å². The zero-order chi connectivity index (χ0) is 17.0. The number of nitro benzene ring substituents is 1. The van der Waals surface area contributed by atoms with E-state index in [1.165, 1.54) is 18.2 Å². The summed E-state index contributed by atoms with van der Waals surface area (Å²) in [5.41, 5.74) is 1.08. The van der Waals surface area contributed by atoms with Gasteiger partial charge in [-0.05, 0) is 43.7 Å². The predicted molar refractivity (Wildman–Crippen MR) is 88.0 cm³/mol. The number of nitrogens with zero attached hydrogens (tertiary/aromatic N) is 1. The Balaban J connectivity index is 2.05. The first-order valence-electron chi connectivity index (χ1n) is 6.85. The molecule has 0 unspecified atom stereocenters. The summed E-state index contributed by atoms with van der Waals surface area (Å²) in [5.74, 6) is 0.127. The second-order valence-corrected chi connectivity index (χ2v) is 5.40. The van der Waals surface area contributed by atoms with Crippen LogP contribution in [0.1, 0.15) is 12.5 Å². The molecule has 0 spiro atoms. The Morgan fingerprint density at radius 3 is 2.65 bits per heavy atom. The molecule has 0 saturated carbocycles. The van der Waals surface area contributed by atoms with E-state index < -0.39 is 11.0 Å². The zero-order valence-electron chi connectivity index (χ0n) is 12.6. The highest BCUT2D eigenvalue weighted by Crippen LogP contribution is 2.22. The van der Waals surface area contributed by atoms with Crippen LogP contribution in [0.4, 0.5) is 11.4 Å². The Labute approximate surface area is 138 Å². The second kappa shape index (κ2) is 7.11. The monoisotopic (exact) mass is 334 g/mol. The third kappa shape index (κ3) is 4.43. The van der Waals surface area contributed by atoms with Crippen molar-refractivity contribution in [1.29, 1.82) is 0 Å². The van der Waals surface area contributed by atoms with Crippen LogP contribution < -0.4 is 10.1 Å². The molecule has 0 heterocycles. The Hall–Kier alpha value is -2.60. The molecule has 0 radical (unpaired) electrons. The average Bonchev–Trinajstić information content (AvgIpc) is 2.49. The number of aryl methyl sites for hydroxylation is 1. The van der Waals surface area contributed by atoms with Crippen molar-refractivity contribution in [3.63, 3.8) is 0 Å². The molecule has 0 aliphatic rings. The highest BCUT2D eigenvalue weighted by molar-refractivity contribution is 6.30. The molecule has 0 saturated heterocycles. The van der Waals surface area contributed by atoms with Gasteiger partial charge in [0.15, 0.2) is 6.10 Å². The number of nitrogens with one attached hydrogen (secondary N) is 1. The normalized spacial score (nSPS) is 11.6. The quantitative estimate of drug-likeness (QED) is 0.662. The molecule has 0 aromatic heterocycles. The molecule has 1 atom stereocenters. The lowest BCUT2D eigenvalue weighted by atomic mass is 10.1. The van der Waals surface area contributed by atoms with Crippen LogP contribution in [-0.2, 0) is 4.79 Å². The van der Waals surface area contributed by atoms with Gasteiger partial charge in [-0.1, -0.05) is 17.7 Å². The van der Waals surface area contributed by atoms with E-state index in [4.69, 9.17) is 16.3 Å². The van der Waals surface area contributed by atoms with Crippen LogP contribution in [0.2, 0.25) is 5.02 Å². The van der Waals surface area contributed by atoms with Crippen molar-refractivity contribution < 1.29 is 14.5 Å². The molecule has 0 aliphatic carbocycles. The number of rotatable bonds is 5. The molecule has 23 heavy (non-hydrogen) atoms. The van der Waals surface area contributed by atoms with Gasteiger partial charge in [-0.3, -0.25) is 14.9 Å². The number of amides is 1. The van der Waals surface area contributed by atoms with Gasteiger partial charge in [0.1, 0.15) is 5.75 Å². The summed E-state index contributed by atoms with van der Waals surface area (Å²) in [6, 6.07) is 11.0. The average molecular weight is 335 g/mol. The van der Waals surface area contributed by atoms with E-state index in [9.17, 15) is 14.9 Å². The molecule has 2 aromatic carbocycles. The van der Waals surface area contributed by atoms with E-state index in [0.717, 1.165) is 0 Å². The summed E-state index contributed by atoms with van der Waals surface area (Å²) in [5, 5.41) is 13.9. The summed E-state index contributed by atoms with van der Waals surface area (Å²) < 4.78 is 5.53. The molecular formula is C16H15ClN2O4. The van der Waals surface area contributed by atoms with Crippen LogP contribution in [0.5, 0.6) is 5.75 Å². The maximum absolute atomic E-state index is 12.2. The highest BCUT2D eigenvalue weighted by atomic mass is 35.5. The number of anilines is 1. The minimum Gasteiger partial charge on any atom is -0.481 e. The molecule has 7 heteroatoms. The van der Waals surface area contributed by atoms with Crippen LogP contribution in [0.15, 0.2) is 42.5 Å². The lowest BCUT2D eigenvalue weighted by molar-refractivity contribution is -0.384. The van der Waals surface area contributed by atoms with Crippen molar-refractivity contribution in [2.75, 3.05) is 5.32 Å². The van der Waals surface area contributed by atoms with Crippen molar-refractivity contribution >= 4 is 28.9 Å². The molecule has 0 aliphatic heterocycles. The van der Waals surface area contributed by atoms with Gasteiger partial charge in [0.05, 0.1) is 4.92 Å². The van der Waals surface area contributed by atoms with Gasteiger partial charge < -0.3 is 10.1 Å². The topological polar surface area (TPSA) is 81.5 Å². The fourth-order valence-corrected chi connectivity index (χ4v) is 2.11. The van der Waals surface area contributed by atoms with Gasteiger partial charge in [0.25, 0.3) is 11.6 Å². The Morgan fingerprint density at radius 2 is 2.04 bits per heavy atom. The first kappa shape index (κ1) is 16.8. The largest absolute Gasteiger partial charge is 0.481 e. The lowest BCUT2D eigenvalue weighted by Crippen LogP contribution is -2.30. The summed E-state index contributed by atoms with van der Waals surface area (Å²) in [4.78, 5) is 22.4. The molecule has 120 valence electrons. The standard InChI is InChI=1S/C16H15ClN2O4/c1-10-8-13(19(21)22)6-7-15(10)18-16(20)11(2)23-14-5-3-4-12(17)9-14/h3-9,11H,1-2H3,(H,18,20)/t11-/m0/s1. The summed E-state index contributed by atoms with van der Waals surface area (Å²) in [7, 11) is 0. The van der Waals surface area contributed by atoms with Gasteiger partial charge in [0, 0.05) is 22.8 Å². The third-order valence-corrected chi connectivity index (χ3v) is 3.39. The third-order valence-electron chi connectivity index (χ3n) is 3.16. The molecule has 0 fully saturated rings. The Bertz CT molecular complexity index is 749. The van der Waals surface area contributed by atoms with Crippen molar-refractivity contribution in [2.45, 2.75) is 20.0 Å². The SMILES string of the molecule is Cc1cc([N+](=O)[O-])ccc1NC(=O)[C@H](C)Oc1cccc(Cl)c1. The van der Waals surface area contributed by atoms with Crippen molar-refractivity contribution in [3.05, 3.63) is 63.2 Å². The van der Waals surface area contributed by atoms with Crippen LogP contribution in [-0.4, -0.2) is 16.9 Å². The minimum atomic E-state index is -0.747. The number of nitro groups is 1. The number of non-ortho nitro benzene ring substituents is 1. The number of ether oxygens (including phenoxy) is 1. The van der Waals surface area contributed by atoms with Crippen LogP contribution >= 0.6 is 11.6 Å². The fraction of sp³-hybridized carbons (Fsp3) is 0.188. The number of halogens is 1. The van der Waals surface area contributed by atoms with Crippen LogP contribution in [0, 0.1) is 17.0 Å². The van der Waals surface area contributed by atoms with E-state index in [1.54, 1.807) is 38.1 Å². The van der Waals surface area contributed by atoms with Gasteiger partial charge in [-0.25, -0.2) is 0 Å². The van der Waals surface area contributed by atoms with Crippen molar-refractivity contribution in [1.82, 2.24) is 0 Å². The van der Waals surface area contributed by atoms with Gasteiger partial charge >= 0.3 is 0 Å². The van der Waals surface area contributed by atoms with Crippen molar-refractivity contribution in [3.8, 4) is 5.75 Å². The lowest BCUT2D eigenvalue weighted by Gasteiger charge is -2.15. The number of carbonyl (C=O) groups excluding carboxylic acids is 1. The highest BCUT2D eigenvalue weighted by Gasteiger charge is 2.17.